The summed E-state index contributed by atoms with van der Waals surface area (Å²) in [6, 6.07) is 15.2. The van der Waals surface area contributed by atoms with Crippen molar-refractivity contribution in [1.29, 1.82) is 0 Å². The smallest absolute Gasteiger partial charge is 0.279 e. The first-order valence-electron chi connectivity index (χ1n) is 10.1. The molecule has 5 nitrogen and oxygen atoms in total. The minimum absolute atomic E-state index is 0.155. The van der Waals surface area contributed by atoms with E-state index in [1.165, 1.54) is 23.3 Å². The Morgan fingerprint density at radius 3 is 2.21 bits per heavy atom. The van der Waals surface area contributed by atoms with Crippen molar-refractivity contribution in [3.63, 3.8) is 0 Å². The van der Waals surface area contributed by atoms with Gasteiger partial charge in [-0.3, -0.25) is 4.79 Å². The van der Waals surface area contributed by atoms with Crippen LogP contribution >= 0.6 is 0 Å². The quantitative estimate of drug-likeness (QED) is 0.655. The SMILES string of the molecule is CC[C@@H](C)c1ccc([C@H]([NH2+]CC(=O)Nc2cccc(S(C)(=O)=O)c2)C(C)C)cc1. The molecule has 0 aliphatic carbocycles. The summed E-state index contributed by atoms with van der Waals surface area (Å²) in [6.07, 6.45) is 2.27. The highest BCUT2D eigenvalue weighted by molar-refractivity contribution is 7.90. The Morgan fingerprint density at radius 2 is 1.66 bits per heavy atom. The number of anilines is 1. The van der Waals surface area contributed by atoms with Gasteiger partial charge in [0.2, 0.25) is 0 Å². The van der Waals surface area contributed by atoms with Crippen LogP contribution in [0.25, 0.3) is 0 Å². The topological polar surface area (TPSA) is 79.8 Å². The van der Waals surface area contributed by atoms with Gasteiger partial charge < -0.3 is 10.6 Å². The van der Waals surface area contributed by atoms with Gasteiger partial charge in [0.25, 0.3) is 5.91 Å². The summed E-state index contributed by atoms with van der Waals surface area (Å²) >= 11 is 0. The largest absolute Gasteiger partial charge is 0.332 e. The van der Waals surface area contributed by atoms with Gasteiger partial charge in [-0.1, -0.05) is 58.0 Å². The summed E-state index contributed by atoms with van der Waals surface area (Å²) in [4.78, 5) is 12.6. The second kappa shape index (κ2) is 10.0. The lowest BCUT2D eigenvalue weighted by Gasteiger charge is -2.20. The van der Waals surface area contributed by atoms with E-state index in [1.807, 2.05) is 5.32 Å². The van der Waals surface area contributed by atoms with Crippen LogP contribution < -0.4 is 10.6 Å². The number of nitrogens with two attached hydrogens (primary N) is 1. The highest BCUT2D eigenvalue weighted by Crippen LogP contribution is 2.23. The number of benzene rings is 2. The maximum absolute atomic E-state index is 12.4. The average Bonchev–Trinajstić information content (AvgIpc) is 2.67. The maximum Gasteiger partial charge on any atom is 0.279 e. The molecular weight excluding hydrogens is 384 g/mol. The summed E-state index contributed by atoms with van der Waals surface area (Å²) in [5.41, 5.74) is 3.03. The number of quaternary nitrogens is 1. The Kier molecular flexibility index (Phi) is 7.99. The van der Waals surface area contributed by atoms with Crippen LogP contribution in [-0.4, -0.2) is 27.1 Å². The molecule has 0 radical (unpaired) electrons. The van der Waals surface area contributed by atoms with E-state index in [9.17, 15) is 13.2 Å². The Balaban J connectivity index is 2.03. The van der Waals surface area contributed by atoms with Crippen LogP contribution in [-0.2, 0) is 14.6 Å². The van der Waals surface area contributed by atoms with E-state index in [2.05, 4.69) is 57.3 Å². The van der Waals surface area contributed by atoms with E-state index in [1.54, 1.807) is 12.1 Å². The van der Waals surface area contributed by atoms with Crippen LogP contribution in [0.1, 0.15) is 57.2 Å². The van der Waals surface area contributed by atoms with Crippen LogP contribution in [0.15, 0.2) is 53.4 Å². The third-order valence-corrected chi connectivity index (χ3v) is 6.43. The summed E-state index contributed by atoms with van der Waals surface area (Å²) in [5.74, 6) is 0.752. The van der Waals surface area contributed by atoms with E-state index < -0.39 is 9.84 Å². The fourth-order valence-electron chi connectivity index (χ4n) is 3.33. The summed E-state index contributed by atoms with van der Waals surface area (Å²) in [7, 11) is -3.31. The van der Waals surface area contributed by atoms with Gasteiger partial charge in [-0.15, -0.1) is 0 Å². The van der Waals surface area contributed by atoms with E-state index in [0.29, 0.717) is 17.5 Å². The standard InChI is InChI=1S/C23H32N2O3S/c1-6-17(4)18-10-12-19(13-11-18)23(16(2)3)24-15-22(26)25-20-8-7-9-21(14-20)29(5,27)28/h7-14,16-17,23-24H,6,15H2,1-5H3,(H,25,26)/p+1/t17-,23-/m1/s1. The third kappa shape index (κ3) is 6.68. The van der Waals surface area contributed by atoms with Gasteiger partial charge in [0.15, 0.2) is 16.4 Å². The van der Waals surface area contributed by atoms with Gasteiger partial charge in [0.1, 0.15) is 6.04 Å². The van der Waals surface area contributed by atoms with Crippen molar-refractivity contribution in [2.45, 2.75) is 51.0 Å². The Hall–Kier alpha value is -2.18. The van der Waals surface area contributed by atoms with E-state index in [4.69, 9.17) is 0 Å². The lowest BCUT2D eigenvalue weighted by Crippen LogP contribution is -2.88. The molecule has 2 atom stereocenters. The zero-order chi connectivity index (χ0) is 21.6. The molecule has 0 bridgehead atoms. The van der Waals surface area contributed by atoms with Crippen LogP contribution in [0.5, 0.6) is 0 Å². The molecule has 29 heavy (non-hydrogen) atoms. The second-order valence-electron chi connectivity index (χ2n) is 8.03. The average molecular weight is 418 g/mol. The summed E-state index contributed by atoms with van der Waals surface area (Å²) < 4.78 is 23.4. The molecule has 0 aliphatic heterocycles. The molecule has 0 saturated heterocycles. The van der Waals surface area contributed by atoms with Gasteiger partial charge >= 0.3 is 0 Å². The fraction of sp³-hybridized carbons (Fsp3) is 0.435. The van der Waals surface area contributed by atoms with Gasteiger partial charge in [0.05, 0.1) is 4.90 Å². The van der Waals surface area contributed by atoms with Crippen molar-refractivity contribution in [3.05, 3.63) is 59.7 Å². The first kappa shape index (κ1) is 23.1. The molecular formula is C23H33N2O3S+. The predicted octanol–water partition coefficient (Wildman–Crippen LogP) is 3.50. The number of hydrogen-bond acceptors (Lipinski definition) is 3. The number of carbonyl (C=O) groups excluding carboxylic acids is 1. The van der Waals surface area contributed by atoms with E-state index in [-0.39, 0.29) is 23.4 Å². The maximum atomic E-state index is 12.4. The molecule has 0 heterocycles. The van der Waals surface area contributed by atoms with Crippen molar-refractivity contribution < 1.29 is 18.5 Å². The zero-order valence-electron chi connectivity index (χ0n) is 18.0. The number of nitrogens with one attached hydrogen (secondary N) is 1. The zero-order valence-corrected chi connectivity index (χ0v) is 18.8. The minimum atomic E-state index is -3.31. The van der Waals surface area contributed by atoms with Gasteiger partial charge in [-0.25, -0.2) is 8.42 Å². The normalized spacial score (nSPS) is 13.9. The van der Waals surface area contributed by atoms with E-state index in [0.717, 1.165) is 12.7 Å². The molecule has 158 valence electrons. The minimum Gasteiger partial charge on any atom is -0.332 e. The summed E-state index contributed by atoms with van der Waals surface area (Å²) in [6.45, 7) is 8.98. The lowest BCUT2D eigenvalue weighted by molar-refractivity contribution is -0.692. The van der Waals surface area contributed by atoms with Crippen LogP contribution in [0, 0.1) is 5.92 Å². The molecule has 1 amide bonds. The van der Waals surface area contributed by atoms with Gasteiger partial charge in [-0.2, -0.15) is 0 Å². The monoisotopic (exact) mass is 417 g/mol. The number of hydrogen-bond donors (Lipinski definition) is 2. The number of amides is 1. The fourth-order valence-corrected chi connectivity index (χ4v) is 3.99. The van der Waals surface area contributed by atoms with Crippen molar-refractivity contribution in [2.24, 2.45) is 5.92 Å². The molecule has 0 aromatic heterocycles. The lowest BCUT2D eigenvalue weighted by atomic mass is 9.92. The first-order valence-corrected chi connectivity index (χ1v) is 12.0. The van der Waals surface area contributed by atoms with Crippen LogP contribution in [0.4, 0.5) is 5.69 Å². The molecule has 0 saturated carbocycles. The molecule has 0 fully saturated rings. The number of rotatable bonds is 9. The van der Waals surface area contributed by atoms with Crippen molar-refractivity contribution in [1.82, 2.24) is 0 Å². The highest BCUT2D eigenvalue weighted by atomic mass is 32.2. The number of sulfone groups is 1. The highest BCUT2D eigenvalue weighted by Gasteiger charge is 2.21. The molecule has 2 rings (SSSR count). The third-order valence-electron chi connectivity index (χ3n) is 5.32. The Bertz CT molecular complexity index is 921. The van der Waals surface area contributed by atoms with Crippen LogP contribution in [0.2, 0.25) is 0 Å². The van der Waals surface area contributed by atoms with Crippen molar-refractivity contribution >= 4 is 21.4 Å². The molecule has 0 unspecified atom stereocenters. The van der Waals surface area contributed by atoms with Gasteiger partial charge in [0, 0.05) is 23.4 Å². The molecule has 2 aromatic rings. The first-order chi connectivity index (χ1) is 13.6. The summed E-state index contributed by atoms with van der Waals surface area (Å²) in [5, 5.41) is 4.84. The molecule has 2 aromatic carbocycles. The molecule has 0 aliphatic rings. The Labute approximate surface area is 174 Å². The molecule has 0 spiro atoms. The second-order valence-corrected chi connectivity index (χ2v) is 10.0. The van der Waals surface area contributed by atoms with Crippen molar-refractivity contribution in [2.75, 3.05) is 18.1 Å². The van der Waals surface area contributed by atoms with Crippen molar-refractivity contribution in [3.8, 4) is 0 Å². The Morgan fingerprint density at radius 1 is 1.03 bits per heavy atom. The van der Waals surface area contributed by atoms with E-state index >= 15 is 0 Å². The molecule has 6 heteroatoms. The molecule has 3 N–H and O–H groups in total. The van der Waals surface area contributed by atoms with Gasteiger partial charge in [-0.05, 0) is 36.1 Å². The number of carbonyl (C=O) groups is 1. The van der Waals surface area contributed by atoms with Crippen LogP contribution in [0.3, 0.4) is 0 Å². The predicted molar refractivity (Wildman–Crippen MR) is 118 cm³/mol.